The molecular formula is C38H68O8. The average molecular weight is 653 g/mol. The molecule has 3 heterocycles. The number of ether oxygens (including phenoxy) is 4. The smallest absolute Gasteiger partial charge is 0.334 e. The minimum atomic E-state index is -0.794. The van der Waals surface area contributed by atoms with Crippen LogP contribution in [-0.2, 0) is 23.7 Å². The molecule has 3 N–H and O–H groups in total. The predicted molar refractivity (Wildman–Crippen MR) is 181 cm³/mol. The van der Waals surface area contributed by atoms with Crippen LogP contribution in [0.4, 0.5) is 0 Å². The third kappa shape index (κ3) is 14.6. The summed E-state index contributed by atoms with van der Waals surface area (Å²) in [5, 5.41) is 32.1. The number of carbonyl (C=O) groups excluding carboxylic acids is 1. The van der Waals surface area contributed by atoms with Crippen molar-refractivity contribution in [3.05, 3.63) is 11.6 Å². The predicted octanol–water partition coefficient (Wildman–Crippen LogP) is 7.83. The second-order valence-electron chi connectivity index (χ2n) is 14.9. The van der Waals surface area contributed by atoms with Gasteiger partial charge in [-0.1, -0.05) is 103 Å². The maximum Gasteiger partial charge on any atom is 0.334 e. The van der Waals surface area contributed by atoms with E-state index in [1.165, 1.54) is 64.2 Å². The summed E-state index contributed by atoms with van der Waals surface area (Å²) >= 11 is 0. The Bertz CT molecular complexity index is 875. The second kappa shape index (κ2) is 21.1. The summed E-state index contributed by atoms with van der Waals surface area (Å²) in [6.07, 6.45) is 21.8. The molecule has 268 valence electrons. The van der Waals surface area contributed by atoms with Crippen LogP contribution >= 0.6 is 0 Å². The van der Waals surface area contributed by atoms with E-state index in [1.807, 2.05) is 20.8 Å². The number of cyclic esters (lactones) is 1. The minimum Gasteiger partial charge on any atom is -0.455 e. The first-order chi connectivity index (χ1) is 22.1. The number of carbonyl (C=O) groups is 1. The van der Waals surface area contributed by atoms with Crippen LogP contribution in [0, 0.1) is 0 Å². The van der Waals surface area contributed by atoms with Gasteiger partial charge in [-0.3, -0.25) is 0 Å². The number of hydrogen-bond acceptors (Lipinski definition) is 8. The van der Waals surface area contributed by atoms with E-state index in [-0.39, 0.29) is 30.4 Å². The Morgan fingerprint density at radius 1 is 0.848 bits per heavy atom. The molecule has 3 aliphatic rings. The van der Waals surface area contributed by atoms with E-state index < -0.39 is 30.2 Å². The highest BCUT2D eigenvalue weighted by Gasteiger charge is 2.45. The molecule has 3 rings (SSSR count). The normalized spacial score (nSPS) is 29.4. The van der Waals surface area contributed by atoms with Gasteiger partial charge >= 0.3 is 5.97 Å². The molecule has 0 aromatic carbocycles. The van der Waals surface area contributed by atoms with Crippen molar-refractivity contribution in [3.8, 4) is 0 Å². The molecule has 0 radical (unpaired) electrons. The molecule has 2 saturated heterocycles. The Balaban J connectivity index is 1.28. The van der Waals surface area contributed by atoms with Gasteiger partial charge in [0.25, 0.3) is 0 Å². The van der Waals surface area contributed by atoms with E-state index >= 15 is 0 Å². The number of unbranched alkanes of at least 4 members (excludes halogenated alkanes) is 13. The zero-order valence-electron chi connectivity index (χ0n) is 29.6. The Kier molecular flexibility index (Phi) is 18.1. The van der Waals surface area contributed by atoms with Crippen LogP contribution in [0.15, 0.2) is 11.6 Å². The molecule has 0 bridgehead atoms. The molecule has 0 spiro atoms. The van der Waals surface area contributed by atoms with Crippen molar-refractivity contribution in [2.45, 2.75) is 224 Å². The second-order valence-corrected chi connectivity index (χ2v) is 14.9. The van der Waals surface area contributed by atoms with Gasteiger partial charge in [0.1, 0.15) is 12.2 Å². The van der Waals surface area contributed by atoms with Crippen molar-refractivity contribution in [3.63, 3.8) is 0 Å². The maximum absolute atomic E-state index is 11.8. The van der Waals surface area contributed by atoms with Gasteiger partial charge in [-0.05, 0) is 59.0 Å². The van der Waals surface area contributed by atoms with Crippen molar-refractivity contribution in [1.82, 2.24) is 0 Å². The molecule has 0 aromatic heterocycles. The van der Waals surface area contributed by atoms with Crippen LogP contribution in [0.1, 0.15) is 169 Å². The highest BCUT2D eigenvalue weighted by molar-refractivity contribution is 5.90. The third-order valence-electron chi connectivity index (χ3n) is 10.0. The summed E-state index contributed by atoms with van der Waals surface area (Å²) in [6.45, 7) is 7.95. The molecule has 0 amide bonds. The van der Waals surface area contributed by atoms with Crippen molar-refractivity contribution in [1.29, 1.82) is 0 Å². The van der Waals surface area contributed by atoms with Gasteiger partial charge in [0.15, 0.2) is 5.79 Å². The molecule has 8 heteroatoms. The summed E-state index contributed by atoms with van der Waals surface area (Å²) in [4.78, 5) is 11.8. The van der Waals surface area contributed by atoms with Crippen LogP contribution < -0.4 is 0 Å². The molecule has 0 aliphatic carbocycles. The fourth-order valence-corrected chi connectivity index (χ4v) is 7.45. The quantitative estimate of drug-likeness (QED) is 0.0756. The molecule has 0 aromatic rings. The summed E-state index contributed by atoms with van der Waals surface area (Å²) < 4.78 is 24.1. The van der Waals surface area contributed by atoms with Crippen LogP contribution in [0.3, 0.4) is 0 Å². The summed E-state index contributed by atoms with van der Waals surface area (Å²) in [6, 6.07) is 0. The van der Waals surface area contributed by atoms with Gasteiger partial charge in [0, 0.05) is 18.4 Å². The maximum atomic E-state index is 11.8. The topological polar surface area (TPSA) is 115 Å². The lowest BCUT2D eigenvalue weighted by atomic mass is 9.97. The Hall–Kier alpha value is -1.03. The van der Waals surface area contributed by atoms with Gasteiger partial charge in [-0.15, -0.1) is 0 Å². The molecule has 2 fully saturated rings. The first-order valence-electron chi connectivity index (χ1n) is 19.0. The zero-order valence-corrected chi connectivity index (χ0v) is 29.6. The number of aliphatic hydroxyl groups excluding tert-OH is 3. The zero-order chi connectivity index (χ0) is 33.4. The molecule has 46 heavy (non-hydrogen) atoms. The Morgan fingerprint density at radius 2 is 1.46 bits per heavy atom. The molecule has 3 aliphatic heterocycles. The SMILES string of the molecule is CCCCCCCCCCCCCC[C@H](O)[C@@H]1C[C@@H](O)[C@@H]([C@@H]2CC[C@H](CCCCC[C@@H](O)CC3=C[C@H](C)OC3=O)OC(C)(C)O2)O1. The number of rotatable bonds is 23. The van der Waals surface area contributed by atoms with Crippen molar-refractivity contribution >= 4 is 5.97 Å². The van der Waals surface area contributed by atoms with E-state index in [0.29, 0.717) is 31.3 Å². The highest BCUT2D eigenvalue weighted by Crippen LogP contribution is 2.36. The number of esters is 1. The molecule has 8 nitrogen and oxygen atoms in total. The van der Waals surface area contributed by atoms with Crippen LogP contribution in [-0.4, -0.2) is 75.9 Å². The van der Waals surface area contributed by atoms with Gasteiger partial charge in [0.05, 0.1) is 36.6 Å². The van der Waals surface area contributed by atoms with Crippen molar-refractivity contribution in [2.75, 3.05) is 0 Å². The Labute approximate surface area is 280 Å². The molecule has 0 saturated carbocycles. The number of hydrogen-bond donors (Lipinski definition) is 3. The summed E-state index contributed by atoms with van der Waals surface area (Å²) in [7, 11) is 0. The highest BCUT2D eigenvalue weighted by atomic mass is 16.7. The number of aliphatic hydroxyl groups is 3. The van der Waals surface area contributed by atoms with Gasteiger partial charge < -0.3 is 34.3 Å². The first kappa shape index (κ1) is 39.4. The molecule has 8 atom stereocenters. The molecule has 0 unspecified atom stereocenters. The average Bonchev–Trinajstić information content (AvgIpc) is 3.49. The lowest BCUT2D eigenvalue weighted by Crippen LogP contribution is -2.42. The van der Waals surface area contributed by atoms with E-state index in [9.17, 15) is 20.1 Å². The van der Waals surface area contributed by atoms with Gasteiger partial charge in [0.2, 0.25) is 0 Å². The lowest BCUT2D eigenvalue weighted by molar-refractivity contribution is -0.260. The minimum absolute atomic E-state index is 0.0514. The van der Waals surface area contributed by atoms with E-state index in [2.05, 4.69) is 6.92 Å². The van der Waals surface area contributed by atoms with E-state index in [4.69, 9.17) is 18.9 Å². The fraction of sp³-hybridized carbons (Fsp3) is 0.921. The Morgan fingerprint density at radius 3 is 2.09 bits per heavy atom. The van der Waals surface area contributed by atoms with E-state index in [0.717, 1.165) is 51.4 Å². The molecular weight excluding hydrogens is 584 g/mol. The van der Waals surface area contributed by atoms with Crippen LogP contribution in [0.5, 0.6) is 0 Å². The van der Waals surface area contributed by atoms with Crippen molar-refractivity contribution < 1.29 is 39.1 Å². The van der Waals surface area contributed by atoms with Crippen LogP contribution in [0.2, 0.25) is 0 Å². The summed E-state index contributed by atoms with van der Waals surface area (Å²) in [5.41, 5.74) is 0.584. The largest absolute Gasteiger partial charge is 0.455 e. The van der Waals surface area contributed by atoms with E-state index in [1.54, 1.807) is 6.08 Å². The fourth-order valence-electron chi connectivity index (χ4n) is 7.45. The first-order valence-corrected chi connectivity index (χ1v) is 19.0. The standard InChI is InChI=1S/C38H68O8/c1-5-6-7-8-9-10-11-12-13-14-15-19-22-32(40)35-27-33(41)36(44-35)34-24-23-31(45-38(3,4)46-34)21-18-16-17-20-30(39)26-29-25-28(2)43-37(29)42/h25,28,30-36,39-41H,5-24,26-27H2,1-4H3/t28-,30+,31-,32-,33+,34-,35-,36-/m0/s1. The van der Waals surface area contributed by atoms with Gasteiger partial charge in [-0.25, -0.2) is 4.79 Å². The monoisotopic (exact) mass is 652 g/mol. The van der Waals surface area contributed by atoms with Crippen molar-refractivity contribution in [2.24, 2.45) is 0 Å². The summed E-state index contributed by atoms with van der Waals surface area (Å²) in [5.74, 6) is -1.10. The van der Waals surface area contributed by atoms with Crippen LogP contribution in [0.25, 0.3) is 0 Å². The third-order valence-corrected chi connectivity index (χ3v) is 10.0. The van der Waals surface area contributed by atoms with Gasteiger partial charge in [-0.2, -0.15) is 0 Å². The lowest BCUT2D eigenvalue weighted by Gasteiger charge is -2.32.